The molecule has 0 amide bonds. The minimum atomic E-state index is -3.86. The summed E-state index contributed by atoms with van der Waals surface area (Å²) < 4.78 is 34.1. The molecule has 1 N–H and O–H groups in total. The maximum Gasteiger partial charge on any atom is 0.309 e. The van der Waals surface area contributed by atoms with Crippen LogP contribution in [0.1, 0.15) is 17.2 Å². The molecule has 1 fully saturated rings. The molecule has 5 rings (SSSR count). The first-order chi connectivity index (χ1) is 15.8. The number of methoxy groups -OCH3 is 1. The van der Waals surface area contributed by atoms with Gasteiger partial charge in [0.25, 0.3) is 10.0 Å². The number of nitrogens with zero attached hydrogens (tertiary/aromatic N) is 2. The summed E-state index contributed by atoms with van der Waals surface area (Å²) in [6.07, 6.45) is 0. The lowest BCUT2D eigenvalue weighted by Gasteiger charge is -2.49. The van der Waals surface area contributed by atoms with E-state index in [-0.39, 0.29) is 6.04 Å². The number of hydrogen-bond donors (Lipinski definition) is 1. The van der Waals surface area contributed by atoms with E-state index in [2.05, 4.69) is 0 Å². The van der Waals surface area contributed by atoms with E-state index in [0.29, 0.717) is 35.0 Å². The number of carbonyl (C=O) groups is 1. The Kier molecular flexibility index (Phi) is 5.14. The third-order valence-electron chi connectivity index (χ3n) is 6.54. The smallest absolute Gasteiger partial charge is 0.309 e. The van der Waals surface area contributed by atoms with Gasteiger partial charge in [0.15, 0.2) is 0 Å². The van der Waals surface area contributed by atoms with E-state index in [1.807, 2.05) is 47.4 Å². The van der Waals surface area contributed by atoms with Crippen molar-refractivity contribution in [2.45, 2.75) is 10.9 Å². The van der Waals surface area contributed by atoms with Crippen LogP contribution in [-0.4, -0.2) is 51.6 Å². The number of hydrogen-bond acceptors (Lipinski definition) is 5. The number of anilines is 1. The molecule has 1 atom stereocenters. The molecule has 2 bridgehead atoms. The number of fused-ring (bicyclic) bond motifs is 2. The second kappa shape index (κ2) is 7.90. The zero-order valence-corrected chi connectivity index (χ0v) is 19.1. The summed E-state index contributed by atoms with van der Waals surface area (Å²) in [5, 5.41) is 9.30. The average Bonchev–Trinajstić information content (AvgIpc) is 2.80. The molecule has 33 heavy (non-hydrogen) atoms. The molecule has 0 aromatic heterocycles. The summed E-state index contributed by atoms with van der Waals surface area (Å²) in [6, 6.07) is 20.2. The van der Waals surface area contributed by atoms with Gasteiger partial charge in [-0.3, -0.25) is 14.0 Å². The second-order valence-electron chi connectivity index (χ2n) is 8.38. The molecule has 0 saturated carbocycles. The molecule has 1 unspecified atom stereocenters. The number of aliphatic carboxylic acids is 1. The molecule has 1 aliphatic heterocycles. The molecule has 0 radical (unpaired) electrons. The number of carboxylic acids is 1. The van der Waals surface area contributed by atoms with Crippen LogP contribution >= 0.6 is 0 Å². The Morgan fingerprint density at radius 2 is 1.79 bits per heavy atom. The van der Waals surface area contributed by atoms with Gasteiger partial charge in [0.2, 0.25) is 0 Å². The van der Waals surface area contributed by atoms with Gasteiger partial charge < -0.3 is 9.84 Å². The Hall–Kier alpha value is -3.36. The molecular weight excluding hydrogens is 440 g/mol. The number of rotatable bonds is 7. The molecule has 1 aliphatic carbocycles. The van der Waals surface area contributed by atoms with E-state index in [0.717, 1.165) is 16.7 Å². The molecule has 0 spiro atoms. The monoisotopic (exact) mass is 464 g/mol. The first-order valence-electron chi connectivity index (χ1n) is 10.6. The van der Waals surface area contributed by atoms with Crippen molar-refractivity contribution in [1.29, 1.82) is 0 Å². The van der Waals surface area contributed by atoms with Crippen molar-refractivity contribution >= 4 is 21.7 Å². The normalized spacial score (nSPS) is 17.7. The van der Waals surface area contributed by atoms with Crippen molar-refractivity contribution in [1.82, 2.24) is 4.90 Å². The highest BCUT2D eigenvalue weighted by Gasteiger charge is 2.49. The number of carboxylic acid groups (broad SMARTS) is 1. The minimum absolute atomic E-state index is 0.218. The Morgan fingerprint density at radius 3 is 2.45 bits per heavy atom. The molecule has 1 saturated heterocycles. The summed E-state index contributed by atoms with van der Waals surface area (Å²) in [4.78, 5) is 13.7. The van der Waals surface area contributed by atoms with Gasteiger partial charge in [-0.05, 0) is 28.8 Å². The SMILES string of the molecule is COc1cccc(N(C)S(=O)(=O)c2c3ccc(-c4ccccc4)c2C3N2CC(C(=O)O)C2)c1. The predicted molar refractivity (Wildman–Crippen MR) is 125 cm³/mol. The number of ether oxygens (including phenoxy) is 1. The van der Waals surface area contributed by atoms with Crippen molar-refractivity contribution in [3.63, 3.8) is 0 Å². The highest BCUT2D eigenvalue weighted by Crippen LogP contribution is 2.53. The maximum atomic E-state index is 13.8. The Morgan fingerprint density at radius 1 is 1.06 bits per heavy atom. The summed E-state index contributed by atoms with van der Waals surface area (Å²) in [6.45, 7) is 0.809. The van der Waals surface area contributed by atoms with Crippen LogP contribution in [0.25, 0.3) is 11.1 Å². The second-order valence-corrected chi connectivity index (χ2v) is 10.3. The van der Waals surface area contributed by atoms with Crippen molar-refractivity contribution in [3.05, 3.63) is 77.9 Å². The Bertz CT molecular complexity index is 1330. The van der Waals surface area contributed by atoms with Gasteiger partial charge in [0, 0.05) is 31.8 Å². The summed E-state index contributed by atoms with van der Waals surface area (Å²) >= 11 is 0. The third kappa shape index (κ3) is 3.37. The number of sulfonamides is 1. The molecular formula is C25H24N2O5S. The summed E-state index contributed by atoms with van der Waals surface area (Å²) in [7, 11) is -0.777. The van der Waals surface area contributed by atoms with Gasteiger partial charge in [0.05, 0.1) is 29.7 Å². The molecule has 3 aromatic carbocycles. The van der Waals surface area contributed by atoms with E-state index in [1.54, 1.807) is 31.4 Å². The maximum absolute atomic E-state index is 13.8. The van der Waals surface area contributed by atoms with Gasteiger partial charge in [-0.2, -0.15) is 0 Å². The van der Waals surface area contributed by atoms with Crippen LogP contribution in [0.5, 0.6) is 5.75 Å². The van der Waals surface area contributed by atoms with Crippen LogP contribution in [0.3, 0.4) is 0 Å². The van der Waals surface area contributed by atoms with E-state index in [1.165, 1.54) is 11.4 Å². The van der Waals surface area contributed by atoms with Crippen LogP contribution < -0.4 is 9.04 Å². The van der Waals surface area contributed by atoms with Crippen LogP contribution in [0.4, 0.5) is 5.69 Å². The van der Waals surface area contributed by atoms with Crippen molar-refractivity contribution in [2.75, 3.05) is 31.6 Å². The zero-order valence-electron chi connectivity index (χ0n) is 18.3. The third-order valence-corrected chi connectivity index (χ3v) is 8.44. The van der Waals surface area contributed by atoms with Gasteiger partial charge in [-0.1, -0.05) is 48.5 Å². The van der Waals surface area contributed by atoms with E-state index < -0.39 is 21.9 Å². The van der Waals surface area contributed by atoms with Gasteiger partial charge in [-0.25, -0.2) is 8.42 Å². The van der Waals surface area contributed by atoms with Crippen LogP contribution in [0.15, 0.2) is 71.6 Å². The lowest BCUT2D eigenvalue weighted by atomic mass is 9.77. The minimum Gasteiger partial charge on any atom is -0.497 e. The summed E-state index contributed by atoms with van der Waals surface area (Å²) in [5.74, 6) is -0.664. The lowest BCUT2D eigenvalue weighted by Crippen LogP contribution is -2.54. The largest absolute Gasteiger partial charge is 0.497 e. The van der Waals surface area contributed by atoms with Crippen LogP contribution in [0, 0.1) is 5.92 Å². The van der Waals surface area contributed by atoms with Crippen molar-refractivity contribution in [2.24, 2.45) is 5.92 Å². The fraction of sp³-hybridized carbons (Fsp3) is 0.240. The quantitative estimate of drug-likeness (QED) is 0.575. The van der Waals surface area contributed by atoms with Crippen molar-refractivity contribution < 1.29 is 23.1 Å². The molecule has 1 heterocycles. The molecule has 8 heteroatoms. The van der Waals surface area contributed by atoms with Gasteiger partial charge in [-0.15, -0.1) is 0 Å². The van der Waals surface area contributed by atoms with Gasteiger partial charge >= 0.3 is 5.97 Å². The van der Waals surface area contributed by atoms with Crippen LogP contribution in [-0.2, 0) is 14.8 Å². The number of benzene rings is 3. The van der Waals surface area contributed by atoms with E-state index in [4.69, 9.17) is 4.74 Å². The highest BCUT2D eigenvalue weighted by molar-refractivity contribution is 7.93. The highest BCUT2D eigenvalue weighted by atomic mass is 32.2. The van der Waals surface area contributed by atoms with Gasteiger partial charge in [0.1, 0.15) is 5.75 Å². The summed E-state index contributed by atoms with van der Waals surface area (Å²) in [5.41, 5.74) is 3.73. The molecule has 170 valence electrons. The molecule has 3 aromatic rings. The fourth-order valence-corrected chi connectivity index (χ4v) is 6.32. The zero-order chi connectivity index (χ0) is 23.3. The van der Waals surface area contributed by atoms with Crippen molar-refractivity contribution in [3.8, 4) is 16.9 Å². The lowest BCUT2D eigenvalue weighted by molar-refractivity contribution is -0.148. The van der Waals surface area contributed by atoms with E-state index in [9.17, 15) is 18.3 Å². The fourth-order valence-electron chi connectivity index (χ4n) is 4.68. The average molecular weight is 465 g/mol. The Balaban J connectivity index is 1.58. The first kappa shape index (κ1) is 21.5. The molecule has 7 nitrogen and oxygen atoms in total. The van der Waals surface area contributed by atoms with E-state index >= 15 is 0 Å². The number of likely N-dealkylation sites (tertiary alicyclic amines) is 1. The molecule has 2 aliphatic rings. The standard InChI is InChI=1S/C25H24N2O5S/c1-26(18-9-6-10-19(13-18)32-2)33(30,31)24-21-12-11-20(16-7-4-3-5-8-16)22(24)23(21)27-14-17(15-27)25(28)29/h3-13,17,23H,14-15H2,1-2H3,(H,28,29). The topological polar surface area (TPSA) is 87.2 Å². The first-order valence-corrected chi connectivity index (χ1v) is 12.1. The predicted octanol–water partition coefficient (Wildman–Crippen LogP) is 3.61. The van der Waals surface area contributed by atoms with Crippen LogP contribution in [0.2, 0.25) is 0 Å². The Labute approximate surface area is 192 Å².